The van der Waals surface area contributed by atoms with E-state index >= 15 is 0 Å². The number of carboxylic acid groups (broad SMARTS) is 1. The van der Waals surface area contributed by atoms with Crippen LogP contribution in [0.1, 0.15) is 33.5 Å². The van der Waals surface area contributed by atoms with E-state index in [0.717, 1.165) is 11.1 Å². The molecule has 0 unspecified atom stereocenters. The van der Waals surface area contributed by atoms with Crippen LogP contribution in [0.5, 0.6) is 0 Å². The zero-order chi connectivity index (χ0) is 18.9. The molecule has 0 fully saturated rings. The molecule has 2 aromatic rings. The third-order valence-corrected chi connectivity index (χ3v) is 4.90. The van der Waals surface area contributed by atoms with Crippen molar-refractivity contribution in [3.8, 4) is 0 Å². The Kier molecular flexibility index (Phi) is 4.50. The van der Waals surface area contributed by atoms with E-state index in [1.807, 2.05) is 24.3 Å². The van der Waals surface area contributed by atoms with Crippen LogP contribution in [0.15, 0.2) is 42.5 Å². The highest BCUT2D eigenvalue weighted by molar-refractivity contribution is 5.97. The van der Waals surface area contributed by atoms with Crippen molar-refractivity contribution in [2.75, 3.05) is 5.32 Å². The summed E-state index contributed by atoms with van der Waals surface area (Å²) in [6, 6.07) is 12.3. The normalized spacial score (nSPS) is 14.5. The van der Waals surface area contributed by atoms with Gasteiger partial charge in [0.05, 0.1) is 5.41 Å². The first-order chi connectivity index (χ1) is 12.3. The van der Waals surface area contributed by atoms with Crippen LogP contribution in [0, 0.1) is 12.3 Å². The lowest BCUT2D eigenvalue weighted by Crippen LogP contribution is -2.36. The van der Waals surface area contributed by atoms with Crippen molar-refractivity contribution in [3.05, 3.63) is 64.7 Å². The summed E-state index contributed by atoms with van der Waals surface area (Å²) < 4.78 is 0. The number of nitrogens with one attached hydrogen (secondary N) is 1. The summed E-state index contributed by atoms with van der Waals surface area (Å²) in [6.07, 6.45) is 0.560. The van der Waals surface area contributed by atoms with Crippen molar-refractivity contribution in [2.45, 2.75) is 26.2 Å². The first kappa shape index (κ1) is 17.7. The molecule has 0 spiro atoms. The molecule has 6 nitrogen and oxygen atoms in total. The Bertz CT molecular complexity index is 879. The number of carbonyl (C=O) groups is 3. The van der Waals surface area contributed by atoms with Crippen molar-refractivity contribution in [3.63, 3.8) is 0 Å². The number of rotatable bonds is 5. The fourth-order valence-electron chi connectivity index (χ4n) is 3.58. The minimum absolute atomic E-state index is 0.117. The highest BCUT2D eigenvalue weighted by Gasteiger charge is 2.45. The number of hydrogen-bond donors (Lipinski definition) is 3. The molecule has 0 atom stereocenters. The van der Waals surface area contributed by atoms with Gasteiger partial charge in [-0.15, -0.1) is 0 Å². The number of carbonyl (C=O) groups excluding carboxylic acids is 2. The molecule has 0 heterocycles. The van der Waals surface area contributed by atoms with Gasteiger partial charge < -0.3 is 16.2 Å². The minimum atomic E-state index is -1.13. The van der Waals surface area contributed by atoms with Gasteiger partial charge in [0.25, 0.3) is 0 Å². The second kappa shape index (κ2) is 6.63. The minimum Gasteiger partial charge on any atom is -0.481 e. The van der Waals surface area contributed by atoms with E-state index in [1.54, 1.807) is 25.1 Å². The number of carboxylic acids is 1. The third kappa shape index (κ3) is 3.31. The second-order valence-corrected chi connectivity index (χ2v) is 6.83. The van der Waals surface area contributed by atoms with Gasteiger partial charge in [0.1, 0.15) is 0 Å². The van der Waals surface area contributed by atoms with Crippen molar-refractivity contribution in [2.24, 2.45) is 11.1 Å². The Morgan fingerprint density at radius 2 is 1.73 bits per heavy atom. The lowest BCUT2D eigenvalue weighted by Gasteiger charge is -2.23. The summed E-state index contributed by atoms with van der Waals surface area (Å²) in [5, 5.41) is 12.5. The van der Waals surface area contributed by atoms with E-state index in [4.69, 9.17) is 5.73 Å². The molecule has 1 aliphatic rings. The fourth-order valence-corrected chi connectivity index (χ4v) is 3.58. The van der Waals surface area contributed by atoms with Crippen molar-refractivity contribution in [1.82, 2.24) is 0 Å². The van der Waals surface area contributed by atoms with Crippen molar-refractivity contribution >= 4 is 23.5 Å². The highest BCUT2D eigenvalue weighted by Crippen LogP contribution is 2.40. The van der Waals surface area contributed by atoms with Gasteiger partial charge in [0.15, 0.2) is 0 Å². The molecule has 0 aliphatic heterocycles. The number of hydrogen-bond acceptors (Lipinski definition) is 3. The molecule has 0 saturated carbocycles. The number of anilines is 1. The van der Waals surface area contributed by atoms with Gasteiger partial charge >= 0.3 is 5.97 Å². The van der Waals surface area contributed by atoms with E-state index in [0.29, 0.717) is 29.7 Å². The predicted octanol–water partition coefficient (Wildman–Crippen LogP) is 2.29. The Balaban J connectivity index is 1.75. The van der Waals surface area contributed by atoms with Crippen molar-refractivity contribution in [1.29, 1.82) is 0 Å². The van der Waals surface area contributed by atoms with Gasteiger partial charge in [0.2, 0.25) is 11.8 Å². The lowest BCUT2D eigenvalue weighted by atomic mass is 9.81. The Hall–Kier alpha value is -3.15. The maximum atomic E-state index is 12.5. The molecule has 134 valence electrons. The van der Waals surface area contributed by atoms with Crippen LogP contribution in [0.25, 0.3) is 0 Å². The van der Waals surface area contributed by atoms with Gasteiger partial charge in [-0.2, -0.15) is 0 Å². The van der Waals surface area contributed by atoms with Crippen LogP contribution >= 0.6 is 0 Å². The van der Waals surface area contributed by atoms with Crippen LogP contribution in [0.2, 0.25) is 0 Å². The molecule has 6 heteroatoms. The predicted molar refractivity (Wildman–Crippen MR) is 96.9 cm³/mol. The van der Waals surface area contributed by atoms with E-state index < -0.39 is 17.3 Å². The van der Waals surface area contributed by atoms with Gasteiger partial charge in [-0.05, 0) is 54.7 Å². The molecule has 0 bridgehead atoms. The van der Waals surface area contributed by atoms with Crippen LogP contribution in [-0.4, -0.2) is 22.9 Å². The maximum Gasteiger partial charge on any atom is 0.310 e. The quantitative estimate of drug-likeness (QED) is 0.767. The summed E-state index contributed by atoms with van der Waals surface area (Å²) >= 11 is 0. The first-order valence-corrected chi connectivity index (χ1v) is 8.31. The Labute approximate surface area is 151 Å². The summed E-state index contributed by atoms with van der Waals surface area (Å²) in [7, 11) is 0. The fraction of sp³-hybridized carbons (Fsp3) is 0.250. The zero-order valence-corrected chi connectivity index (χ0v) is 14.4. The molecule has 2 aromatic carbocycles. The summed E-state index contributed by atoms with van der Waals surface area (Å²) in [6.45, 7) is 1.72. The van der Waals surface area contributed by atoms with Gasteiger partial charge in [-0.3, -0.25) is 14.4 Å². The van der Waals surface area contributed by atoms with E-state index in [1.165, 1.54) is 0 Å². The van der Waals surface area contributed by atoms with E-state index in [9.17, 15) is 19.5 Å². The number of fused-ring (bicyclic) bond motifs is 1. The average molecular weight is 352 g/mol. The summed E-state index contributed by atoms with van der Waals surface area (Å²) in [5.74, 6) is -1.87. The summed E-state index contributed by atoms with van der Waals surface area (Å²) in [4.78, 5) is 35.7. The summed E-state index contributed by atoms with van der Waals surface area (Å²) in [5.41, 5.74) is 7.64. The number of nitrogens with two attached hydrogens (primary N) is 1. The standard InChI is InChI=1S/C20H20N2O4/c1-12-8-15(6-7-16(12)18(21)24)22-17(23)11-20(19(25)26)9-13-4-2-3-5-14(13)10-20/h2-8H,9-11H2,1H3,(H2,21,24)(H,22,23)(H,25,26). The molecule has 26 heavy (non-hydrogen) atoms. The molecule has 2 amide bonds. The molecular formula is C20H20N2O4. The monoisotopic (exact) mass is 352 g/mol. The van der Waals surface area contributed by atoms with Gasteiger partial charge in [-0.25, -0.2) is 0 Å². The number of amides is 2. The Morgan fingerprint density at radius 1 is 1.12 bits per heavy atom. The third-order valence-electron chi connectivity index (χ3n) is 4.90. The molecule has 0 radical (unpaired) electrons. The number of primary amides is 1. The number of aliphatic carboxylic acids is 1. The van der Waals surface area contributed by atoms with Crippen molar-refractivity contribution < 1.29 is 19.5 Å². The van der Waals surface area contributed by atoms with E-state index in [-0.39, 0.29) is 12.3 Å². The van der Waals surface area contributed by atoms with Gasteiger partial charge in [0, 0.05) is 17.7 Å². The topological polar surface area (TPSA) is 109 Å². The molecule has 1 aliphatic carbocycles. The number of aryl methyl sites for hydroxylation is 1. The number of benzene rings is 2. The zero-order valence-electron chi connectivity index (χ0n) is 14.4. The molecule has 4 N–H and O–H groups in total. The lowest BCUT2D eigenvalue weighted by molar-refractivity contribution is -0.150. The van der Waals surface area contributed by atoms with Crippen LogP contribution in [0.3, 0.4) is 0 Å². The van der Waals surface area contributed by atoms with Crippen LogP contribution in [-0.2, 0) is 22.4 Å². The maximum absolute atomic E-state index is 12.5. The molecular weight excluding hydrogens is 332 g/mol. The highest BCUT2D eigenvalue weighted by atomic mass is 16.4. The molecule has 0 saturated heterocycles. The average Bonchev–Trinajstić information content (AvgIpc) is 2.93. The largest absolute Gasteiger partial charge is 0.481 e. The molecule has 0 aromatic heterocycles. The second-order valence-electron chi connectivity index (χ2n) is 6.83. The van der Waals surface area contributed by atoms with Crippen LogP contribution < -0.4 is 11.1 Å². The Morgan fingerprint density at radius 3 is 2.23 bits per heavy atom. The smallest absolute Gasteiger partial charge is 0.310 e. The van der Waals surface area contributed by atoms with Crippen LogP contribution in [0.4, 0.5) is 5.69 Å². The molecule has 3 rings (SSSR count). The SMILES string of the molecule is Cc1cc(NC(=O)CC2(C(=O)O)Cc3ccccc3C2)ccc1C(N)=O. The van der Waals surface area contributed by atoms with Gasteiger partial charge in [-0.1, -0.05) is 24.3 Å². The first-order valence-electron chi connectivity index (χ1n) is 8.31. The van der Waals surface area contributed by atoms with E-state index in [2.05, 4.69) is 5.32 Å².